The number of halogens is 3. The lowest BCUT2D eigenvalue weighted by molar-refractivity contribution is -0.138. The Bertz CT molecular complexity index is 990. The summed E-state index contributed by atoms with van der Waals surface area (Å²) < 4.78 is 45.1. The Morgan fingerprint density at radius 3 is 2.56 bits per heavy atom. The third-order valence-corrected chi connectivity index (χ3v) is 5.63. The van der Waals surface area contributed by atoms with Crippen LogP contribution in [0.4, 0.5) is 13.2 Å². The van der Waals surface area contributed by atoms with Crippen LogP contribution in [0.15, 0.2) is 58.9 Å². The van der Waals surface area contributed by atoms with Crippen LogP contribution in [0.25, 0.3) is 0 Å². The third kappa shape index (κ3) is 5.21. The topological polar surface area (TPSA) is 65.4 Å². The molecule has 32 heavy (non-hydrogen) atoms. The number of carboxylic acids is 1. The zero-order valence-electron chi connectivity index (χ0n) is 18.1. The Morgan fingerprint density at radius 2 is 1.97 bits per heavy atom. The van der Waals surface area contributed by atoms with Gasteiger partial charge in [0.2, 0.25) is 0 Å². The molecule has 6 nitrogen and oxygen atoms in total. The van der Waals surface area contributed by atoms with Crippen molar-refractivity contribution in [1.82, 2.24) is 9.80 Å². The zero-order valence-corrected chi connectivity index (χ0v) is 18.1. The van der Waals surface area contributed by atoms with E-state index in [1.54, 1.807) is 30.0 Å². The van der Waals surface area contributed by atoms with E-state index in [0.29, 0.717) is 49.1 Å². The second-order valence-corrected chi connectivity index (χ2v) is 7.64. The maximum atomic E-state index is 13.2. The predicted octanol–water partition coefficient (Wildman–Crippen LogP) is 3.99. The molecule has 1 saturated heterocycles. The molecule has 172 valence electrons. The molecule has 0 amide bonds. The first-order valence-corrected chi connectivity index (χ1v) is 10.2. The van der Waals surface area contributed by atoms with Gasteiger partial charge in [0.15, 0.2) is 0 Å². The molecule has 0 atom stereocenters. The molecule has 0 aliphatic carbocycles. The van der Waals surface area contributed by atoms with Crippen molar-refractivity contribution in [2.75, 3.05) is 32.8 Å². The highest BCUT2D eigenvalue weighted by Crippen LogP contribution is 2.33. The zero-order chi connectivity index (χ0) is 23.5. The van der Waals surface area contributed by atoms with Crippen LogP contribution in [-0.2, 0) is 22.3 Å². The lowest BCUT2D eigenvalue weighted by Gasteiger charge is -2.29. The van der Waals surface area contributed by atoms with Crippen LogP contribution < -0.4 is 0 Å². The summed E-state index contributed by atoms with van der Waals surface area (Å²) in [5, 5.41) is 9.82. The number of nitrogens with zero attached hydrogens (tertiary/aromatic N) is 3. The van der Waals surface area contributed by atoms with Gasteiger partial charge in [-0.05, 0) is 43.2 Å². The summed E-state index contributed by atoms with van der Waals surface area (Å²) in [6, 6.07) is 4.09. The minimum absolute atomic E-state index is 0.0361. The van der Waals surface area contributed by atoms with Gasteiger partial charge in [0, 0.05) is 25.3 Å². The molecule has 0 saturated carbocycles. The second-order valence-electron chi connectivity index (χ2n) is 7.64. The second kappa shape index (κ2) is 9.60. The molecule has 0 spiro atoms. The number of carbonyl (C=O) groups is 1. The van der Waals surface area contributed by atoms with Gasteiger partial charge < -0.3 is 19.6 Å². The number of aliphatic imine (C=N–C) groups is 1. The van der Waals surface area contributed by atoms with E-state index in [1.807, 2.05) is 4.90 Å². The molecule has 9 heteroatoms. The molecular weight excluding hydrogens is 423 g/mol. The lowest BCUT2D eigenvalue weighted by atomic mass is 10.0. The summed E-state index contributed by atoms with van der Waals surface area (Å²) in [4.78, 5) is 20.2. The number of benzene rings is 1. The fourth-order valence-corrected chi connectivity index (χ4v) is 3.80. The maximum absolute atomic E-state index is 13.2. The first kappa shape index (κ1) is 23.6. The highest BCUT2D eigenvalue weighted by molar-refractivity contribution is 5.93. The largest absolute Gasteiger partial charge is 0.478 e. The van der Waals surface area contributed by atoms with Crippen LogP contribution in [0.2, 0.25) is 0 Å². The van der Waals surface area contributed by atoms with E-state index >= 15 is 0 Å². The average molecular weight is 449 g/mol. The number of rotatable bonds is 6. The van der Waals surface area contributed by atoms with Gasteiger partial charge in [-0.1, -0.05) is 18.7 Å². The Morgan fingerprint density at radius 1 is 1.28 bits per heavy atom. The Kier molecular flexibility index (Phi) is 7.08. The normalized spacial score (nSPS) is 19.2. The van der Waals surface area contributed by atoms with Crippen molar-refractivity contribution in [2.45, 2.75) is 26.6 Å². The molecule has 0 bridgehead atoms. The smallest absolute Gasteiger partial charge is 0.416 e. The van der Waals surface area contributed by atoms with Crippen molar-refractivity contribution < 1.29 is 27.8 Å². The number of allylic oxidation sites excluding steroid dienone is 1. The fourth-order valence-electron chi connectivity index (χ4n) is 3.80. The van der Waals surface area contributed by atoms with Gasteiger partial charge in [-0.15, -0.1) is 0 Å². The average Bonchev–Trinajstić information content (AvgIpc) is 3.09. The molecule has 0 unspecified atom stereocenters. The summed E-state index contributed by atoms with van der Waals surface area (Å²) >= 11 is 0. The molecule has 1 aromatic rings. The highest BCUT2D eigenvalue weighted by atomic mass is 19.4. The minimum atomic E-state index is -4.43. The lowest BCUT2D eigenvalue weighted by Crippen LogP contribution is -2.35. The van der Waals surface area contributed by atoms with E-state index in [1.165, 1.54) is 13.0 Å². The number of hydrogen-bond donors (Lipinski definition) is 1. The maximum Gasteiger partial charge on any atom is 0.416 e. The molecule has 1 aromatic carbocycles. The predicted molar refractivity (Wildman–Crippen MR) is 115 cm³/mol. The number of hydrogen-bond acceptors (Lipinski definition) is 5. The molecule has 2 aliphatic heterocycles. The van der Waals surface area contributed by atoms with Crippen LogP contribution in [0.3, 0.4) is 0 Å². The van der Waals surface area contributed by atoms with E-state index in [0.717, 1.165) is 6.07 Å². The van der Waals surface area contributed by atoms with Crippen LogP contribution in [0.1, 0.15) is 23.6 Å². The first-order chi connectivity index (χ1) is 15.1. The number of carboxylic acid groups (broad SMARTS) is 1. The molecule has 0 aromatic heterocycles. The van der Waals surface area contributed by atoms with Crippen molar-refractivity contribution >= 4 is 11.8 Å². The Hall–Kier alpha value is -3.07. The molecule has 1 N–H and O–H groups in total. The molecular formula is C23H26F3N3O3. The Labute approximate surface area is 185 Å². The molecule has 0 radical (unpaired) electrons. The van der Waals surface area contributed by atoms with Gasteiger partial charge in [0.25, 0.3) is 0 Å². The van der Waals surface area contributed by atoms with Crippen molar-refractivity contribution in [3.63, 3.8) is 0 Å². The quantitative estimate of drug-likeness (QED) is 0.526. The summed E-state index contributed by atoms with van der Waals surface area (Å²) in [5.41, 5.74) is 1.06. The van der Waals surface area contributed by atoms with Crippen molar-refractivity contribution in [3.8, 4) is 0 Å². The van der Waals surface area contributed by atoms with E-state index in [2.05, 4.69) is 11.6 Å². The molecule has 2 heterocycles. The summed E-state index contributed by atoms with van der Waals surface area (Å²) in [7, 11) is 0. The van der Waals surface area contributed by atoms with Crippen LogP contribution in [0.5, 0.6) is 0 Å². The summed E-state index contributed by atoms with van der Waals surface area (Å²) in [5.74, 6) is -0.572. The number of ether oxygens (including phenoxy) is 1. The van der Waals surface area contributed by atoms with Gasteiger partial charge in [-0.3, -0.25) is 0 Å². The Balaban J connectivity index is 1.88. The van der Waals surface area contributed by atoms with Gasteiger partial charge in [0.05, 0.1) is 36.6 Å². The van der Waals surface area contributed by atoms with E-state index < -0.39 is 17.7 Å². The van der Waals surface area contributed by atoms with Crippen LogP contribution >= 0.6 is 0 Å². The standard InChI is InChI=1S/C23H26F3N3O3/c1-4-18(28-8-10-32-11-9-28)12-19(22(30)31)21-14-29(16(3)27-21)13-17-6-5-7-20(15(17)2)23(24,25)26/h4-7,12H,1,8-11,13-14H2,2-3H3,(H,30,31)/b18-12+,21-19-. The number of alkyl halides is 3. The monoisotopic (exact) mass is 449 g/mol. The van der Waals surface area contributed by atoms with Gasteiger partial charge in [0.1, 0.15) is 5.84 Å². The summed E-state index contributed by atoms with van der Waals surface area (Å²) in [6.45, 7) is 9.69. The van der Waals surface area contributed by atoms with E-state index in [9.17, 15) is 23.1 Å². The number of morpholine rings is 1. The van der Waals surface area contributed by atoms with Crippen molar-refractivity contribution in [1.29, 1.82) is 0 Å². The first-order valence-electron chi connectivity index (χ1n) is 10.2. The molecule has 2 aliphatic rings. The van der Waals surface area contributed by atoms with E-state index in [-0.39, 0.29) is 24.2 Å². The van der Waals surface area contributed by atoms with Gasteiger partial charge >= 0.3 is 12.1 Å². The van der Waals surface area contributed by atoms with Crippen LogP contribution in [-0.4, -0.2) is 59.6 Å². The van der Waals surface area contributed by atoms with Gasteiger partial charge in [-0.25, -0.2) is 9.79 Å². The van der Waals surface area contributed by atoms with Crippen molar-refractivity contribution in [2.24, 2.45) is 4.99 Å². The molecule has 1 fully saturated rings. The molecule has 3 rings (SSSR count). The van der Waals surface area contributed by atoms with Crippen LogP contribution in [0, 0.1) is 6.92 Å². The van der Waals surface area contributed by atoms with Crippen molar-refractivity contribution in [3.05, 3.63) is 70.6 Å². The minimum Gasteiger partial charge on any atom is -0.478 e. The highest BCUT2D eigenvalue weighted by Gasteiger charge is 2.33. The number of amidine groups is 1. The summed E-state index contributed by atoms with van der Waals surface area (Å²) in [6.07, 6.45) is -1.28. The van der Waals surface area contributed by atoms with Gasteiger partial charge in [-0.2, -0.15) is 13.2 Å². The SMILES string of the molecule is C=C/C(=C\C(C(=O)O)=C1/CN(Cc2cccc(C(F)(F)F)c2C)C(C)=N1)N1CCOCC1. The third-order valence-electron chi connectivity index (χ3n) is 5.63. The fraction of sp³-hybridized carbons (Fsp3) is 0.391. The number of aliphatic carboxylic acids is 1. The van der Waals surface area contributed by atoms with E-state index in [4.69, 9.17) is 4.74 Å².